The Morgan fingerprint density at radius 3 is 2.56 bits per heavy atom. The molecule has 0 bridgehead atoms. The molecule has 2 unspecified atom stereocenters. The number of nitrogens with two attached hydrogens (primary N) is 1. The van der Waals surface area contributed by atoms with E-state index >= 15 is 0 Å². The Labute approximate surface area is 101 Å². The Morgan fingerprint density at radius 1 is 1.19 bits per heavy atom. The van der Waals surface area contributed by atoms with Gasteiger partial charge in [0.2, 0.25) is 0 Å². The van der Waals surface area contributed by atoms with Crippen molar-refractivity contribution in [3.05, 3.63) is 30.1 Å². The molecule has 0 spiro atoms. The summed E-state index contributed by atoms with van der Waals surface area (Å²) in [4.78, 5) is 1.16. The van der Waals surface area contributed by atoms with E-state index in [0.717, 1.165) is 11.4 Å². The Bertz CT molecular complexity index is 325. The summed E-state index contributed by atoms with van der Waals surface area (Å²) in [5.74, 6) is 0.465. The third-order valence-electron chi connectivity index (χ3n) is 3.24. The number of thioether (sulfide) groups is 1. The molecule has 0 heterocycles. The molecule has 0 amide bonds. The van der Waals surface area contributed by atoms with Crippen LogP contribution in [0, 0.1) is 11.7 Å². The molecule has 1 aliphatic carbocycles. The van der Waals surface area contributed by atoms with Crippen LogP contribution in [0.5, 0.6) is 0 Å². The van der Waals surface area contributed by atoms with E-state index in [1.807, 2.05) is 23.9 Å². The quantitative estimate of drug-likeness (QED) is 0.874. The maximum Gasteiger partial charge on any atom is 0.123 e. The van der Waals surface area contributed by atoms with Gasteiger partial charge in [-0.05, 0) is 49.6 Å². The lowest BCUT2D eigenvalue weighted by molar-refractivity contribution is 0.378. The fourth-order valence-electron chi connectivity index (χ4n) is 2.29. The van der Waals surface area contributed by atoms with E-state index in [1.54, 1.807) is 0 Å². The van der Waals surface area contributed by atoms with Crippen molar-refractivity contribution in [1.82, 2.24) is 0 Å². The summed E-state index contributed by atoms with van der Waals surface area (Å²) >= 11 is 1.86. The van der Waals surface area contributed by atoms with Gasteiger partial charge in [-0.1, -0.05) is 12.8 Å². The summed E-state index contributed by atoms with van der Waals surface area (Å²) in [5.41, 5.74) is 5.80. The molecule has 0 saturated heterocycles. The summed E-state index contributed by atoms with van der Waals surface area (Å²) in [7, 11) is 0. The zero-order chi connectivity index (χ0) is 11.4. The second kappa shape index (κ2) is 5.69. The normalized spacial score (nSPS) is 25.6. The third-order valence-corrected chi connectivity index (χ3v) is 4.71. The minimum atomic E-state index is -0.164. The first kappa shape index (κ1) is 11.9. The highest BCUT2D eigenvalue weighted by Crippen LogP contribution is 2.36. The maximum absolute atomic E-state index is 12.8. The molecule has 2 atom stereocenters. The summed E-state index contributed by atoms with van der Waals surface area (Å²) in [6, 6.07) is 6.79. The van der Waals surface area contributed by atoms with Gasteiger partial charge in [-0.25, -0.2) is 4.39 Å². The Kier molecular flexibility index (Phi) is 4.24. The van der Waals surface area contributed by atoms with Crippen LogP contribution in [0.25, 0.3) is 0 Å². The van der Waals surface area contributed by atoms with E-state index in [1.165, 1.54) is 37.8 Å². The molecule has 0 aromatic heterocycles. The van der Waals surface area contributed by atoms with Gasteiger partial charge in [0.1, 0.15) is 5.82 Å². The number of rotatable bonds is 3. The molecule has 0 radical (unpaired) electrons. The van der Waals surface area contributed by atoms with Gasteiger partial charge in [-0.3, -0.25) is 0 Å². The van der Waals surface area contributed by atoms with Crippen LogP contribution in [0.2, 0.25) is 0 Å². The lowest BCUT2D eigenvalue weighted by Gasteiger charge is -2.30. The molecule has 1 nitrogen and oxygen atoms in total. The fourth-order valence-corrected chi connectivity index (χ4v) is 3.65. The molecule has 2 N–H and O–H groups in total. The van der Waals surface area contributed by atoms with Crippen LogP contribution in [-0.2, 0) is 0 Å². The average molecular weight is 239 g/mol. The minimum absolute atomic E-state index is 0.164. The van der Waals surface area contributed by atoms with Crippen LogP contribution in [-0.4, -0.2) is 11.8 Å². The average Bonchev–Trinajstić information content (AvgIpc) is 2.33. The molecular formula is C13H18FNS. The predicted octanol–water partition coefficient (Wildman–Crippen LogP) is 3.44. The van der Waals surface area contributed by atoms with Gasteiger partial charge in [0, 0.05) is 10.1 Å². The van der Waals surface area contributed by atoms with Crippen molar-refractivity contribution in [2.45, 2.75) is 35.8 Å². The van der Waals surface area contributed by atoms with E-state index in [9.17, 15) is 4.39 Å². The van der Waals surface area contributed by atoms with Crippen molar-refractivity contribution in [2.24, 2.45) is 11.7 Å². The summed E-state index contributed by atoms with van der Waals surface area (Å²) < 4.78 is 12.8. The fraction of sp³-hybridized carbons (Fsp3) is 0.538. The van der Waals surface area contributed by atoms with E-state index in [-0.39, 0.29) is 5.82 Å². The van der Waals surface area contributed by atoms with Gasteiger partial charge in [-0.2, -0.15) is 0 Å². The van der Waals surface area contributed by atoms with Crippen LogP contribution in [0.1, 0.15) is 25.7 Å². The smallest absolute Gasteiger partial charge is 0.123 e. The highest BCUT2D eigenvalue weighted by atomic mass is 32.2. The van der Waals surface area contributed by atoms with Crippen LogP contribution in [0.4, 0.5) is 4.39 Å². The van der Waals surface area contributed by atoms with Crippen molar-refractivity contribution in [2.75, 3.05) is 6.54 Å². The van der Waals surface area contributed by atoms with Crippen LogP contribution >= 0.6 is 11.8 Å². The number of benzene rings is 1. The lowest BCUT2D eigenvalue weighted by atomic mass is 9.89. The Balaban J connectivity index is 1.99. The number of halogens is 1. The molecule has 1 saturated carbocycles. The Morgan fingerprint density at radius 2 is 1.88 bits per heavy atom. The first-order valence-electron chi connectivity index (χ1n) is 5.92. The molecule has 88 valence electrons. The highest BCUT2D eigenvalue weighted by molar-refractivity contribution is 8.00. The van der Waals surface area contributed by atoms with Crippen molar-refractivity contribution in [3.8, 4) is 0 Å². The van der Waals surface area contributed by atoms with E-state index in [4.69, 9.17) is 5.73 Å². The van der Waals surface area contributed by atoms with Gasteiger partial charge in [0.25, 0.3) is 0 Å². The molecule has 3 heteroatoms. The van der Waals surface area contributed by atoms with Crippen molar-refractivity contribution in [3.63, 3.8) is 0 Å². The van der Waals surface area contributed by atoms with E-state index < -0.39 is 0 Å². The van der Waals surface area contributed by atoms with E-state index in [0.29, 0.717) is 11.2 Å². The second-order valence-electron chi connectivity index (χ2n) is 4.39. The topological polar surface area (TPSA) is 26.0 Å². The third kappa shape index (κ3) is 2.98. The summed E-state index contributed by atoms with van der Waals surface area (Å²) in [6.45, 7) is 0.777. The van der Waals surface area contributed by atoms with Crippen LogP contribution in [0.3, 0.4) is 0 Å². The monoisotopic (exact) mass is 239 g/mol. The SMILES string of the molecule is NCC1CCCCC1Sc1ccc(F)cc1. The molecule has 0 aliphatic heterocycles. The van der Waals surface area contributed by atoms with E-state index in [2.05, 4.69) is 0 Å². The first-order valence-corrected chi connectivity index (χ1v) is 6.80. The maximum atomic E-state index is 12.8. The van der Waals surface area contributed by atoms with Gasteiger partial charge in [0.15, 0.2) is 0 Å². The van der Waals surface area contributed by atoms with Crippen molar-refractivity contribution < 1.29 is 4.39 Å². The highest BCUT2D eigenvalue weighted by Gasteiger charge is 2.24. The standard InChI is InChI=1S/C13H18FNS/c14-11-5-7-12(8-6-11)16-13-4-2-1-3-10(13)9-15/h5-8,10,13H,1-4,9,15H2. The molecule has 1 fully saturated rings. The molecule has 1 aromatic rings. The van der Waals surface area contributed by atoms with Crippen molar-refractivity contribution >= 4 is 11.8 Å². The van der Waals surface area contributed by atoms with Crippen molar-refractivity contribution in [1.29, 1.82) is 0 Å². The predicted molar refractivity (Wildman–Crippen MR) is 67.1 cm³/mol. The number of hydrogen-bond acceptors (Lipinski definition) is 2. The summed E-state index contributed by atoms with van der Waals surface area (Å²) in [5, 5.41) is 0.615. The van der Waals surface area contributed by atoms with Crippen LogP contribution in [0.15, 0.2) is 29.2 Å². The molecule has 2 rings (SSSR count). The largest absolute Gasteiger partial charge is 0.330 e. The molecule has 16 heavy (non-hydrogen) atoms. The van der Waals surface area contributed by atoms with Gasteiger partial charge < -0.3 is 5.73 Å². The molecule has 1 aliphatic rings. The second-order valence-corrected chi connectivity index (χ2v) is 5.70. The summed E-state index contributed by atoms with van der Waals surface area (Å²) in [6.07, 6.45) is 5.09. The minimum Gasteiger partial charge on any atom is -0.330 e. The van der Waals surface area contributed by atoms with Gasteiger partial charge in [-0.15, -0.1) is 11.8 Å². The molecule has 1 aromatic carbocycles. The number of hydrogen-bond donors (Lipinski definition) is 1. The first-order chi connectivity index (χ1) is 7.79. The zero-order valence-electron chi connectivity index (χ0n) is 9.36. The van der Waals surface area contributed by atoms with Crippen LogP contribution < -0.4 is 5.73 Å². The molecular weight excluding hydrogens is 221 g/mol. The Hall–Kier alpha value is -0.540. The zero-order valence-corrected chi connectivity index (χ0v) is 10.2. The lowest BCUT2D eigenvalue weighted by Crippen LogP contribution is -2.28. The van der Waals surface area contributed by atoms with Gasteiger partial charge in [0.05, 0.1) is 0 Å². The van der Waals surface area contributed by atoms with Gasteiger partial charge >= 0.3 is 0 Å².